The van der Waals surface area contributed by atoms with Gasteiger partial charge in [-0.2, -0.15) is 0 Å². The summed E-state index contributed by atoms with van der Waals surface area (Å²) in [7, 11) is 0. The number of ether oxygens (including phenoxy) is 1. The lowest BCUT2D eigenvalue weighted by Gasteiger charge is -2.26. The molecule has 1 aromatic heterocycles. The maximum atomic E-state index is 12.1. The van der Waals surface area contributed by atoms with Crippen molar-refractivity contribution in [1.82, 2.24) is 5.32 Å². The number of amides is 1. The summed E-state index contributed by atoms with van der Waals surface area (Å²) in [5.41, 5.74) is 7.25. The van der Waals surface area contributed by atoms with Crippen LogP contribution in [0.2, 0.25) is 0 Å². The van der Waals surface area contributed by atoms with Gasteiger partial charge in [0.2, 0.25) is 0 Å². The molecule has 0 aliphatic heterocycles. The van der Waals surface area contributed by atoms with Crippen LogP contribution in [0.4, 0.5) is 0 Å². The Morgan fingerprint density at radius 1 is 1.33 bits per heavy atom. The van der Waals surface area contributed by atoms with E-state index in [2.05, 4.69) is 11.4 Å². The fourth-order valence-corrected chi connectivity index (χ4v) is 4.34. The van der Waals surface area contributed by atoms with Gasteiger partial charge in [0, 0.05) is 17.5 Å². The molecule has 2 aliphatic carbocycles. The number of hydrogen-bond donors (Lipinski definition) is 2. The number of hydrogen-bond acceptors (Lipinski definition) is 4. The minimum Gasteiger partial charge on any atom is -0.376 e. The molecule has 0 bridgehead atoms. The van der Waals surface area contributed by atoms with Crippen molar-refractivity contribution in [3.8, 4) is 0 Å². The highest BCUT2D eigenvalue weighted by molar-refractivity contribution is 7.14. The van der Waals surface area contributed by atoms with Gasteiger partial charge in [0.1, 0.15) is 0 Å². The fourth-order valence-electron chi connectivity index (χ4n) is 3.17. The zero-order chi connectivity index (χ0) is 14.7. The molecule has 3 rings (SSSR count). The molecule has 1 heterocycles. The average Bonchev–Trinajstić information content (AvgIpc) is 3.06. The van der Waals surface area contributed by atoms with E-state index in [9.17, 15) is 4.79 Å². The summed E-state index contributed by atoms with van der Waals surface area (Å²) in [6.45, 7) is 1.18. The van der Waals surface area contributed by atoms with Gasteiger partial charge in [-0.25, -0.2) is 0 Å². The van der Waals surface area contributed by atoms with Crippen LogP contribution < -0.4 is 11.1 Å². The zero-order valence-electron chi connectivity index (χ0n) is 12.4. The number of fused-ring (bicyclic) bond motifs is 1. The van der Waals surface area contributed by atoms with Crippen molar-refractivity contribution in [2.45, 2.75) is 57.1 Å². The second kappa shape index (κ2) is 6.90. The van der Waals surface area contributed by atoms with E-state index in [0.717, 1.165) is 43.4 Å². The van der Waals surface area contributed by atoms with Gasteiger partial charge in [-0.3, -0.25) is 4.79 Å². The van der Waals surface area contributed by atoms with Gasteiger partial charge in [-0.15, -0.1) is 11.3 Å². The summed E-state index contributed by atoms with van der Waals surface area (Å²) in [5, 5.41) is 2.96. The highest BCUT2D eigenvalue weighted by Crippen LogP contribution is 2.30. The number of carbonyl (C=O) groups is 1. The van der Waals surface area contributed by atoms with Crippen molar-refractivity contribution in [3.63, 3.8) is 0 Å². The summed E-state index contributed by atoms with van der Waals surface area (Å²) in [5.74, 6) is 0.0451. The minimum absolute atomic E-state index is 0.0451. The van der Waals surface area contributed by atoms with Crippen LogP contribution in [0.25, 0.3) is 0 Å². The van der Waals surface area contributed by atoms with Crippen molar-refractivity contribution in [3.05, 3.63) is 21.4 Å². The van der Waals surface area contributed by atoms with Crippen LogP contribution in [-0.2, 0) is 17.6 Å². The van der Waals surface area contributed by atoms with Gasteiger partial charge >= 0.3 is 0 Å². The third-order valence-electron chi connectivity index (χ3n) is 4.43. The predicted molar refractivity (Wildman–Crippen MR) is 84.9 cm³/mol. The molecule has 3 N–H and O–H groups in total. The normalized spacial score (nSPS) is 24.8. The Kier molecular flexibility index (Phi) is 4.93. The smallest absolute Gasteiger partial charge is 0.261 e. The monoisotopic (exact) mass is 308 g/mol. The molecule has 4 nitrogen and oxygen atoms in total. The summed E-state index contributed by atoms with van der Waals surface area (Å²) in [4.78, 5) is 14.3. The number of carbonyl (C=O) groups excluding carboxylic acids is 1. The third-order valence-corrected chi connectivity index (χ3v) is 5.67. The van der Waals surface area contributed by atoms with Gasteiger partial charge in [0.05, 0.1) is 17.6 Å². The van der Waals surface area contributed by atoms with Crippen molar-refractivity contribution in [1.29, 1.82) is 0 Å². The highest BCUT2D eigenvalue weighted by atomic mass is 32.1. The first-order valence-corrected chi connectivity index (χ1v) is 8.81. The Labute approximate surface area is 130 Å². The molecule has 5 heteroatoms. The Morgan fingerprint density at radius 3 is 2.90 bits per heavy atom. The first-order chi connectivity index (χ1) is 10.2. The van der Waals surface area contributed by atoms with Crippen LogP contribution in [0.3, 0.4) is 0 Å². The molecule has 21 heavy (non-hydrogen) atoms. The zero-order valence-corrected chi connectivity index (χ0v) is 13.2. The maximum Gasteiger partial charge on any atom is 0.261 e. The predicted octanol–water partition coefficient (Wildman–Crippen LogP) is 2.25. The minimum atomic E-state index is 0.0451. The van der Waals surface area contributed by atoms with E-state index >= 15 is 0 Å². The summed E-state index contributed by atoms with van der Waals surface area (Å²) >= 11 is 1.65. The van der Waals surface area contributed by atoms with E-state index < -0.39 is 0 Å². The topological polar surface area (TPSA) is 64.3 Å². The van der Waals surface area contributed by atoms with Crippen LogP contribution in [0.5, 0.6) is 0 Å². The molecule has 0 radical (unpaired) electrons. The molecule has 2 aliphatic rings. The first-order valence-electron chi connectivity index (χ1n) is 7.99. The van der Waals surface area contributed by atoms with Gasteiger partial charge < -0.3 is 15.8 Å². The molecule has 0 spiro atoms. The molecule has 0 aromatic carbocycles. The second-order valence-electron chi connectivity index (χ2n) is 6.08. The molecule has 0 atom stereocenters. The molecule has 1 amide bonds. The van der Waals surface area contributed by atoms with Crippen molar-refractivity contribution in [2.75, 3.05) is 13.2 Å². The van der Waals surface area contributed by atoms with E-state index in [1.165, 1.54) is 16.9 Å². The lowest BCUT2D eigenvalue weighted by Crippen LogP contribution is -2.32. The number of nitrogens with one attached hydrogen (secondary N) is 1. The fraction of sp³-hybridized carbons (Fsp3) is 0.688. The third kappa shape index (κ3) is 3.84. The number of aryl methyl sites for hydroxylation is 2. The second-order valence-corrected chi connectivity index (χ2v) is 7.21. The quantitative estimate of drug-likeness (QED) is 0.820. The summed E-state index contributed by atoms with van der Waals surface area (Å²) in [6.07, 6.45) is 8.04. The molecular weight excluding hydrogens is 284 g/mol. The van der Waals surface area contributed by atoms with E-state index in [1.54, 1.807) is 11.3 Å². The number of thiophene rings is 1. The van der Waals surface area contributed by atoms with Crippen LogP contribution >= 0.6 is 11.3 Å². The lowest BCUT2D eigenvalue weighted by molar-refractivity contribution is 0.0268. The Balaban J connectivity index is 1.36. The van der Waals surface area contributed by atoms with Crippen LogP contribution in [0, 0.1) is 0 Å². The largest absolute Gasteiger partial charge is 0.376 e. The highest BCUT2D eigenvalue weighted by Gasteiger charge is 2.20. The average molecular weight is 308 g/mol. The summed E-state index contributed by atoms with van der Waals surface area (Å²) < 4.78 is 5.81. The molecule has 0 unspecified atom stereocenters. The molecule has 1 saturated carbocycles. The van der Waals surface area contributed by atoms with Crippen LogP contribution in [0.15, 0.2) is 6.07 Å². The van der Waals surface area contributed by atoms with Crippen molar-refractivity contribution < 1.29 is 9.53 Å². The van der Waals surface area contributed by atoms with E-state index in [-0.39, 0.29) is 5.91 Å². The Bertz CT molecular complexity index is 471. The van der Waals surface area contributed by atoms with E-state index in [4.69, 9.17) is 10.5 Å². The van der Waals surface area contributed by atoms with Crippen molar-refractivity contribution >= 4 is 17.2 Å². The Morgan fingerprint density at radius 2 is 2.14 bits per heavy atom. The van der Waals surface area contributed by atoms with E-state index in [1.807, 2.05) is 0 Å². The molecular formula is C16H24N2O2S. The van der Waals surface area contributed by atoms with Gasteiger partial charge in [0.25, 0.3) is 5.91 Å². The standard InChI is InChI=1S/C16H24N2O2S/c17-12-4-6-13(7-5-12)20-9-8-18-16(19)15-10-11-2-1-3-14(11)21-15/h10,12-13H,1-9,17H2,(H,18,19). The Hall–Kier alpha value is -0.910. The van der Waals surface area contributed by atoms with Gasteiger partial charge in [-0.05, 0) is 56.6 Å². The number of rotatable bonds is 5. The van der Waals surface area contributed by atoms with Gasteiger partial charge in [-0.1, -0.05) is 0 Å². The molecule has 1 fully saturated rings. The first kappa shape index (κ1) is 15.0. The SMILES string of the molecule is NC1CCC(OCCNC(=O)c2cc3c(s2)CCC3)CC1. The number of nitrogens with two attached hydrogens (primary N) is 1. The summed E-state index contributed by atoms with van der Waals surface area (Å²) in [6, 6.07) is 2.41. The van der Waals surface area contributed by atoms with Crippen molar-refractivity contribution in [2.24, 2.45) is 5.73 Å². The molecule has 0 saturated heterocycles. The molecule has 1 aromatic rings. The lowest BCUT2D eigenvalue weighted by atomic mass is 9.94. The van der Waals surface area contributed by atoms with E-state index in [0.29, 0.717) is 25.3 Å². The van der Waals surface area contributed by atoms with Crippen LogP contribution in [-0.4, -0.2) is 31.2 Å². The molecule has 116 valence electrons. The van der Waals surface area contributed by atoms with Crippen LogP contribution in [0.1, 0.15) is 52.2 Å². The maximum absolute atomic E-state index is 12.1. The van der Waals surface area contributed by atoms with Gasteiger partial charge in [0.15, 0.2) is 0 Å².